The first-order valence-corrected chi connectivity index (χ1v) is 10.8. The first-order chi connectivity index (χ1) is 8.67. The summed E-state index contributed by atoms with van der Waals surface area (Å²) in [5.41, 5.74) is -0.667. The highest BCUT2D eigenvalue weighted by molar-refractivity contribution is 6.78. The molecule has 0 unspecified atom stereocenters. The zero-order chi connectivity index (χ0) is 14.4. The largest absolute Gasteiger partial charge is 0.319 e. The molecular formula is C14H26N2O2Si. The van der Waals surface area contributed by atoms with Crippen LogP contribution in [0.15, 0.2) is 0 Å². The fourth-order valence-electron chi connectivity index (χ4n) is 3.35. The second kappa shape index (κ2) is 4.61. The van der Waals surface area contributed by atoms with Crippen molar-refractivity contribution in [2.24, 2.45) is 0 Å². The Morgan fingerprint density at radius 3 is 2.00 bits per heavy atom. The van der Waals surface area contributed by atoms with E-state index in [9.17, 15) is 9.59 Å². The molecule has 108 valence electrons. The van der Waals surface area contributed by atoms with Crippen LogP contribution >= 0.6 is 0 Å². The Kier molecular flexibility index (Phi) is 3.54. The number of carbonyl (C=O) groups excluding carboxylic acids is 2. The summed E-state index contributed by atoms with van der Waals surface area (Å²) in [7, 11) is -1.95. The summed E-state index contributed by atoms with van der Waals surface area (Å²) in [6.07, 6.45) is 5.69. The summed E-state index contributed by atoms with van der Waals surface area (Å²) in [6.45, 7) is 9.99. The van der Waals surface area contributed by atoms with Crippen LogP contribution in [0.25, 0.3) is 0 Å². The second-order valence-electron chi connectivity index (χ2n) is 7.31. The van der Waals surface area contributed by atoms with Crippen LogP contribution in [-0.2, 0) is 4.79 Å². The van der Waals surface area contributed by atoms with Gasteiger partial charge in [0.15, 0.2) is 8.24 Å². The molecule has 19 heavy (non-hydrogen) atoms. The molecule has 1 aliphatic carbocycles. The van der Waals surface area contributed by atoms with Crippen LogP contribution in [0.3, 0.4) is 0 Å². The molecule has 1 heterocycles. The van der Waals surface area contributed by atoms with Crippen molar-refractivity contribution in [3.05, 3.63) is 0 Å². The molecule has 0 aromatic carbocycles. The van der Waals surface area contributed by atoms with Gasteiger partial charge in [0.2, 0.25) is 5.91 Å². The lowest BCUT2D eigenvalue weighted by Gasteiger charge is -2.37. The van der Waals surface area contributed by atoms with Crippen LogP contribution in [0, 0.1) is 0 Å². The lowest BCUT2D eigenvalue weighted by Crippen LogP contribution is -2.51. The molecule has 0 bridgehead atoms. The van der Waals surface area contributed by atoms with Crippen molar-refractivity contribution in [1.82, 2.24) is 9.47 Å². The number of carbonyl (C=O) groups is 2. The Morgan fingerprint density at radius 2 is 1.58 bits per heavy atom. The van der Waals surface area contributed by atoms with Gasteiger partial charge in [-0.3, -0.25) is 9.36 Å². The Balaban J connectivity index is 2.33. The Bertz CT molecular complexity index is 395. The molecule has 0 aromatic rings. The number of imide groups is 1. The van der Waals surface area contributed by atoms with Gasteiger partial charge in [-0.25, -0.2) is 4.79 Å². The van der Waals surface area contributed by atoms with Crippen molar-refractivity contribution in [3.63, 3.8) is 0 Å². The van der Waals surface area contributed by atoms with Crippen LogP contribution in [0.1, 0.15) is 46.0 Å². The van der Waals surface area contributed by atoms with Crippen molar-refractivity contribution in [3.8, 4) is 0 Å². The molecule has 3 amide bonds. The molecule has 0 atom stereocenters. The Labute approximate surface area is 117 Å². The van der Waals surface area contributed by atoms with Crippen LogP contribution in [0.5, 0.6) is 0 Å². The van der Waals surface area contributed by atoms with Crippen molar-refractivity contribution >= 4 is 20.2 Å². The zero-order valence-electron chi connectivity index (χ0n) is 12.8. The van der Waals surface area contributed by atoms with Gasteiger partial charge in [-0.1, -0.05) is 38.9 Å². The SMILES string of the molecule is CC1(C)C(=O)N([Si](C)(C)C)C(=O)N1C1CCCCC1. The van der Waals surface area contributed by atoms with Gasteiger partial charge in [0.25, 0.3) is 0 Å². The first-order valence-electron chi connectivity index (χ1n) is 7.35. The number of urea groups is 1. The van der Waals surface area contributed by atoms with E-state index in [2.05, 4.69) is 19.6 Å². The van der Waals surface area contributed by atoms with E-state index in [0.29, 0.717) is 0 Å². The zero-order valence-corrected chi connectivity index (χ0v) is 13.8. The standard InChI is InChI=1S/C14H26N2O2Si/c1-14(2)12(17)16(19(3,4)5)13(18)15(14)11-9-7-6-8-10-11/h11H,6-10H2,1-5H3. The van der Waals surface area contributed by atoms with Crippen molar-refractivity contribution in [2.45, 2.75) is 77.2 Å². The second-order valence-corrected chi connectivity index (χ2v) is 12.1. The Morgan fingerprint density at radius 1 is 1.05 bits per heavy atom. The monoisotopic (exact) mass is 282 g/mol. The maximum absolute atomic E-state index is 12.7. The molecule has 0 radical (unpaired) electrons. The number of rotatable bonds is 2. The molecule has 0 aromatic heterocycles. The smallest absolute Gasteiger partial charge is 0.308 e. The topological polar surface area (TPSA) is 40.6 Å². The fourth-order valence-corrected chi connectivity index (χ4v) is 4.92. The molecule has 2 fully saturated rings. The summed E-state index contributed by atoms with van der Waals surface area (Å²) in [4.78, 5) is 27.3. The summed E-state index contributed by atoms with van der Waals surface area (Å²) < 4.78 is 1.58. The van der Waals surface area contributed by atoms with Gasteiger partial charge in [-0.2, -0.15) is 0 Å². The quantitative estimate of drug-likeness (QED) is 0.576. The lowest BCUT2D eigenvalue weighted by molar-refractivity contribution is -0.129. The molecule has 0 N–H and O–H groups in total. The Hall–Kier alpha value is -0.843. The maximum Gasteiger partial charge on any atom is 0.319 e. The molecule has 5 heteroatoms. The van der Waals surface area contributed by atoms with Crippen LogP contribution < -0.4 is 0 Å². The van der Waals surface area contributed by atoms with E-state index in [0.717, 1.165) is 12.8 Å². The number of hydrogen-bond acceptors (Lipinski definition) is 2. The summed E-state index contributed by atoms with van der Waals surface area (Å²) >= 11 is 0. The van der Waals surface area contributed by atoms with Gasteiger partial charge in [-0.15, -0.1) is 0 Å². The highest BCUT2D eigenvalue weighted by Crippen LogP contribution is 2.37. The average Bonchev–Trinajstić information content (AvgIpc) is 2.46. The third kappa shape index (κ3) is 2.33. The van der Waals surface area contributed by atoms with E-state index < -0.39 is 13.8 Å². The van der Waals surface area contributed by atoms with Crippen LogP contribution in [0.2, 0.25) is 19.6 Å². The summed E-state index contributed by atoms with van der Waals surface area (Å²) in [5.74, 6) is 0.00207. The molecule has 2 rings (SSSR count). The molecule has 2 aliphatic rings. The van der Waals surface area contributed by atoms with Gasteiger partial charge < -0.3 is 4.90 Å². The molecule has 0 spiro atoms. The molecule has 4 nitrogen and oxygen atoms in total. The molecule has 1 saturated carbocycles. The van der Waals surface area contributed by atoms with Gasteiger partial charge in [0.05, 0.1) is 0 Å². The summed E-state index contributed by atoms with van der Waals surface area (Å²) in [5, 5.41) is 0. The van der Waals surface area contributed by atoms with E-state index in [1.807, 2.05) is 18.7 Å². The average molecular weight is 282 g/mol. The fraction of sp³-hybridized carbons (Fsp3) is 0.857. The predicted molar refractivity (Wildman–Crippen MR) is 78.4 cm³/mol. The third-order valence-corrected chi connectivity index (χ3v) is 6.07. The summed E-state index contributed by atoms with van der Waals surface area (Å²) in [6, 6.07) is 0.211. The number of amides is 3. The van der Waals surface area contributed by atoms with Crippen LogP contribution in [0.4, 0.5) is 4.79 Å². The minimum atomic E-state index is -1.95. The minimum Gasteiger partial charge on any atom is -0.308 e. The third-order valence-electron chi connectivity index (χ3n) is 4.34. The molecule has 1 saturated heterocycles. The van der Waals surface area contributed by atoms with E-state index in [4.69, 9.17) is 0 Å². The lowest BCUT2D eigenvalue weighted by atomic mass is 9.91. The number of hydrogen-bond donors (Lipinski definition) is 0. The highest BCUT2D eigenvalue weighted by atomic mass is 28.3. The number of nitrogens with zero attached hydrogens (tertiary/aromatic N) is 2. The normalized spacial score (nSPS) is 25.3. The van der Waals surface area contributed by atoms with Crippen molar-refractivity contribution in [2.75, 3.05) is 0 Å². The van der Waals surface area contributed by atoms with Crippen molar-refractivity contribution < 1.29 is 9.59 Å². The first kappa shape index (κ1) is 14.6. The minimum absolute atomic E-state index is 0.00207. The molecular weight excluding hydrogens is 256 g/mol. The van der Waals surface area contributed by atoms with Crippen LogP contribution in [-0.4, -0.2) is 41.2 Å². The highest BCUT2D eigenvalue weighted by Gasteiger charge is 2.56. The maximum atomic E-state index is 12.7. The predicted octanol–water partition coefficient (Wildman–Crippen LogP) is 3.20. The van der Waals surface area contributed by atoms with E-state index >= 15 is 0 Å². The van der Waals surface area contributed by atoms with E-state index in [-0.39, 0.29) is 18.0 Å². The van der Waals surface area contributed by atoms with Gasteiger partial charge in [0, 0.05) is 6.04 Å². The van der Waals surface area contributed by atoms with Gasteiger partial charge >= 0.3 is 6.03 Å². The van der Waals surface area contributed by atoms with Gasteiger partial charge in [0.1, 0.15) is 5.54 Å². The van der Waals surface area contributed by atoms with Crippen molar-refractivity contribution in [1.29, 1.82) is 0 Å². The van der Waals surface area contributed by atoms with Gasteiger partial charge in [-0.05, 0) is 26.7 Å². The van der Waals surface area contributed by atoms with E-state index in [1.54, 1.807) is 4.57 Å². The molecule has 1 aliphatic heterocycles. The van der Waals surface area contributed by atoms with E-state index in [1.165, 1.54) is 19.3 Å².